The fraction of sp³-hybridized carbons (Fsp3) is 0.263. The first kappa shape index (κ1) is 17.2. The van der Waals surface area contributed by atoms with Gasteiger partial charge in [-0.25, -0.2) is 4.98 Å². The predicted octanol–water partition coefficient (Wildman–Crippen LogP) is 3.30. The maximum Gasteiger partial charge on any atom is 0.247 e. The zero-order valence-electron chi connectivity index (χ0n) is 15.1. The molecular formula is C19H14N4O4S2. The Hall–Kier alpha value is -2.72. The number of hydrogen-bond acceptors (Lipinski definition) is 10. The van der Waals surface area contributed by atoms with Crippen molar-refractivity contribution in [2.45, 2.75) is 9.79 Å². The van der Waals surface area contributed by atoms with Gasteiger partial charge in [0.2, 0.25) is 5.88 Å². The summed E-state index contributed by atoms with van der Waals surface area (Å²) in [6, 6.07) is 3.85. The lowest BCUT2D eigenvalue weighted by Gasteiger charge is -2.18. The van der Waals surface area contributed by atoms with Crippen LogP contribution in [0.25, 0.3) is 22.6 Å². The van der Waals surface area contributed by atoms with E-state index in [1.807, 2.05) is 12.1 Å². The van der Waals surface area contributed by atoms with Crippen LogP contribution in [0.15, 0.2) is 34.3 Å². The largest absolute Gasteiger partial charge is 0.486 e. The van der Waals surface area contributed by atoms with Gasteiger partial charge in [-0.1, -0.05) is 11.8 Å². The summed E-state index contributed by atoms with van der Waals surface area (Å²) in [6.45, 7) is 1.71. The Kier molecular flexibility index (Phi) is 4.12. The van der Waals surface area contributed by atoms with Crippen LogP contribution < -0.4 is 18.9 Å². The zero-order chi connectivity index (χ0) is 19.2. The van der Waals surface area contributed by atoms with Gasteiger partial charge in [-0.05, 0) is 6.07 Å². The van der Waals surface area contributed by atoms with Crippen molar-refractivity contribution in [1.82, 2.24) is 20.2 Å². The number of thioether (sulfide) groups is 2. The maximum absolute atomic E-state index is 5.91. The van der Waals surface area contributed by atoms with Crippen LogP contribution in [-0.4, -0.2) is 51.7 Å². The summed E-state index contributed by atoms with van der Waals surface area (Å²) < 4.78 is 22.7. The maximum atomic E-state index is 5.91. The highest BCUT2D eigenvalue weighted by Gasteiger charge is 2.27. The van der Waals surface area contributed by atoms with Crippen molar-refractivity contribution >= 4 is 23.5 Å². The molecule has 0 radical (unpaired) electrons. The van der Waals surface area contributed by atoms with Crippen molar-refractivity contribution in [3.8, 4) is 45.8 Å². The van der Waals surface area contributed by atoms with Crippen LogP contribution in [0.2, 0.25) is 0 Å². The number of fused-ring (bicyclic) bond motifs is 3. The van der Waals surface area contributed by atoms with Crippen LogP contribution >= 0.6 is 23.5 Å². The Morgan fingerprint density at radius 2 is 1.72 bits per heavy atom. The van der Waals surface area contributed by atoms with Crippen molar-refractivity contribution in [2.24, 2.45) is 0 Å². The molecule has 0 aliphatic carbocycles. The molecule has 10 heteroatoms. The van der Waals surface area contributed by atoms with E-state index in [4.69, 9.17) is 18.9 Å². The molecule has 0 bridgehead atoms. The minimum Gasteiger partial charge on any atom is -0.486 e. The van der Waals surface area contributed by atoms with Gasteiger partial charge in [0.05, 0.1) is 34.0 Å². The third kappa shape index (κ3) is 2.94. The molecule has 3 aromatic rings. The van der Waals surface area contributed by atoms with Crippen molar-refractivity contribution in [3.63, 3.8) is 0 Å². The average Bonchev–Trinajstić information content (AvgIpc) is 3.28. The Balaban J connectivity index is 1.44. The number of ether oxygens (including phenoxy) is 4. The summed E-state index contributed by atoms with van der Waals surface area (Å²) in [7, 11) is 0. The molecule has 3 aromatic heterocycles. The summed E-state index contributed by atoms with van der Waals surface area (Å²) >= 11 is 3.33. The van der Waals surface area contributed by atoms with E-state index in [1.165, 1.54) is 0 Å². The summed E-state index contributed by atoms with van der Waals surface area (Å²) in [5, 5.41) is 8.59. The summed E-state index contributed by atoms with van der Waals surface area (Å²) in [5.41, 5.74) is 3.00. The molecule has 0 unspecified atom stereocenters. The smallest absolute Gasteiger partial charge is 0.247 e. The minimum atomic E-state index is 0.516. The van der Waals surface area contributed by atoms with Gasteiger partial charge in [0, 0.05) is 23.6 Å². The molecule has 0 atom stereocenters. The molecular weight excluding hydrogens is 412 g/mol. The lowest BCUT2D eigenvalue weighted by Crippen LogP contribution is -2.15. The van der Waals surface area contributed by atoms with Crippen LogP contribution in [0.5, 0.6) is 23.1 Å². The van der Waals surface area contributed by atoms with Crippen molar-refractivity contribution < 1.29 is 18.9 Å². The second kappa shape index (κ2) is 6.96. The lowest BCUT2D eigenvalue weighted by molar-refractivity contribution is 0.171. The van der Waals surface area contributed by atoms with Crippen LogP contribution in [0.3, 0.4) is 0 Å². The first-order valence-corrected chi connectivity index (χ1v) is 11.0. The number of hydrogen-bond donors (Lipinski definition) is 0. The van der Waals surface area contributed by atoms with Crippen molar-refractivity contribution in [2.75, 3.05) is 31.5 Å². The Bertz CT molecular complexity index is 1040. The molecule has 3 aliphatic rings. The Labute approximate surface area is 174 Å². The van der Waals surface area contributed by atoms with E-state index in [1.54, 1.807) is 35.9 Å². The van der Waals surface area contributed by atoms with Gasteiger partial charge in [-0.15, -0.1) is 22.0 Å². The summed E-state index contributed by atoms with van der Waals surface area (Å²) in [6.07, 6.45) is 3.47. The standard InChI is InChI=1S/C19H14N4O4S2/c1-2-25-14-8-20-12(5-13(14)24-1)16-17-18(29-9-27-17)10(7-21-16)11-6-15-19(23-22-11)26-3-4-28-15/h5-8H,1-4,9H2. The van der Waals surface area contributed by atoms with E-state index in [-0.39, 0.29) is 0 Å². The first-order valence-electron chi connectivity index (χ1n) is 9.05. The number of aromatic nitrogens is 4. The molecule has 146 valence electrons. The average molecular weight is 426 g/mol. The zero-order valence-corrected chi connectivity index (χ0v) is 16.7. The highest BCUT2D eigenvalue weighted by atomic mass is 32.2. The SMILES string of the molecule is c1nc(-c2ncc(-c3cc4c(nn3)OCCS4)c3c2OCS3)cc2c1OCCO2. The van der Waals surface area contributed by atoms with E-state index in [9.17, 15) is 0 Å². The van der Waals surface area contributed by atoms with E-state index in [2.05, 4.69) is 20.2 Å². The molecule has 0 spiro atoms. The Morgan fingerprint density at radius 3 is 2.69 bits per heavy atom. The van der Waals surface area contributed by atoms with Gasteiger partial charge in [0.15, 0.2) is 17.2 Å². The fourth-order valence-electron chi connectivity index (χ4n) is 3.33. The van der Waals surface area contributed by atoms with Gasteiger partial charge in [0.1, 0.15) is 24.8 Å². The number of nitrogens with zero attached hydrogens (tertiary/aromatic N) is 4. The van der Waals surface area contributed by atoms with E-state index < -0.39 is 0 Å². The topological polar surface area (TPSA) is 88.5 Å². The number of pyridine rings is 2. The third-order valence-electron chi connectivity index (χ3n) is 4.65. The molecule has 6 rings (SSSR count). The second-order valence-corrected chi connectivity index (χ2v) is 8.46. The molecule has 29 heavy (non-hydrogen) atoms. The fourth-order valence-corrected chi connectivity index (χ4v) is 5.03. The highest BCUT2D eigenvalue weighted by Crippen LogP contribution is 2.48. The molecule has 3 aliphatic heterocycles. The Morgan fingerprint density at radius 1 is 0.793 bits per heavy atom. The van der Waals surface area contributed by atoms with E-state index in [0.717, 1.165) is 26.8 Å². The summed E-state index contributed by atoms with van der Waals surface area (Å²) in [4.78, 5) is 11.1. The van der Waals surface area contributed by atoms with Gasteiger partial charge in [0.25, 0.3) is 0 Å². The highest BCUT2D eigenvalue weighted by molar-refractivity contribution is 7.99. The molecule has 0 aromatic carbocycles. The summed E-state index contributed by atoms with van der Waals surface area (Å²) in [5.74, 6) is 4.04. The van der Waals surface area contributed by atoms with Crippen LogP contribution in [-0.2, 0) is 0 Å². The molecule has 0 saturated heterocycles. The first-order chi connectivity index (χ1) is 14.4. The van der Waals surface area contributed by atoms with Crippen molar-refractivity contribution in [1.29, 1.82) is 0 Å². The predicted molar refractivity (Wildman–Crippen MR) is 107 cm³/mol. The normalized spacial score (nSPS) is 16.4. The van der Waals surface area contributed by atoms with Crippen LogP contribution in [0.1, 0.15) is 0 Å². The van der Waals surface area contributed by atoms with Gasteiger partial charge in [-0.3, -0.25) is 4.98 Å². The molecule has 6 heterocycles. The molecule has 8 nitrogen and oxygen atoms in total. The minimum absolute atomic E-state index is 0.516. The lowest BCUT2D eigenvalue weighted by atomic mass is 10.1. The van der Waals surface area contributed by atoms with E-state index in [0.29, 0.717) is 60.3 Å². The molecule has 0 N–H and O–H groups in total. The monoisotopic (exact) mass is 426 g/mol. The van der Waals surface area contributed by atoms with Crippen LogP contribution in [0.4, 0.5) is 0 Å². The quantitative estimate of drug-likeness (QED) is 0.608. The van der Waals surface area contributed by atoms with E-state index >= 15 is 0 Å². The second-order valence-electron chi connectivity index (χ2n) is 6.39. The molecule has 0 fully saturated rings. The van der Waals surface area contributed by atoms with Gasteiger partial charge >= 0.3 is 0 Å². The molecule has 0 saturated carbocycles. The molecule has 0 amide bonds. The van der Waals surface area contributed by atoms with Crippen LogP contribution in [0, 0.1) is 0 Å². The van der Waals surface area contributed by atoms with Gasteiger partial charge in [-0.2, -0.15) is 0 Å². The van der Waals surface area contributed by atoms with Gasteiger partial charge < -0.3 is 18.9 Å². The third-order valence-corrected chi connectivity index (χ3v) is 6.55. The number of rotatable bonds is 2. The van der Waals surface area contributed by atoms with Crippen molar-refractivity contribution in [3.05, 3.63) is 24.5 Å².